The molecular weight excluding hydrogens is 417 g/mol. The van der Waals surface area contributed by atoms with Crippen molar-refractivity contribution in [2.45, 2.75) is 38.9 Å². The topological polar surface area (TPSA) is 23.4 Å². The quantitative estimate of drug-likeness (QED) is 0.282. The van der Waals surface area contributed by atoms with Gasteiger partial charge in [-0.15, -0.1) is 0 Å². The molecule has 0 unspecified atom stereocenters. The van der Waals surface area contributed by atoms with Crippen LogP contribution in [0, 0.1) is 0 Å². The molecule has 1 fully saturated rings. The molecule has 34 heavy (non-hydrogen) atoms. The summed E-state index contributed by atoms with van der Waals surface area (Å²) in [5.74, 6) is 0. The molecule has 3 nitrogen and oxygen atoms in total. The van der Waals surface area contributed by atoms with E-state index in [0.717, 1.165) is 16.6 Å². The number of nitrogens with zero attached hydrogens (tertiary/aromatic N) is 1. The number of hydrogen-bond acceptors (Lipinski definition) is 2. The van der Waals surface area contributed by atoms with Crippen LogP contribution >= 0.6 is 0 Å². The van der Waals surface area contributed by atoms with Gasteiger partial charge >= 0.3 is 7.12 Å². The molecule has 0 atom stereocenters. The Hall–Kier alpha value is -3.34. The average molecular weight is 453 g/mol. The number of para-hydroxylation sites is 2. The number of rotatable bonds is 3. The van der Waals surface area contributed by atoms with E-state index in [1.54, 1.807) is 6.07 Å². The van der Waals surface area contributed by atoms with Gasteiger partial charge in [-0.05, 0) is 68.5 Å². The summed E-state index contributed by atoms with van der Waals surface area (Å²) in [7, 11) is -0.501. The van der Waals surface area contributed by atoms with E-state index in [-0.39, 0.29) is 46.0 Å². The van der Waals surface area contributed by atoms with Crippen molar-refractivity contribution in [1.82, 2.24) is 4.57 Å². The Balaban J connectivity index is 1.54. The summed E-state index contributed by atoms with van der Waals surface area (Å²) in [5.41, 5.74) is 2.33. The van der Waals surface area contributed by atoms with Gasteiger partial charge in [-0.25, -0.2) is 0 Å². The fourth-order valence-corrected chi connectivity index (χ4v) is 4.32. The molecule has 2 heterocycles. The van der Waals surface area contributed by atoms with E-state index < -0.39 is 42.5 Å². The number of aromatic nitrogens is 1. The van der Waals surface area contributed by atoms with Gasteiger partial charge in [-0.2, -0.15) is 0 Å². The van der Waals surface area contributed by atoms with Crippen molar-refractivity contribution in [3.8, 4) is 16.8 Å². The van der Waals surface area contributed by atoms with E-state index in [2.05, 4.69) is 0 Å². The molecule has 0 N–H and O–H groups in total. The van der Waals surface area contributed by atoms with E-state index in [4.69, 9.17) is 20.3 Å². The second-order valence-corrected chi connectivity index (χ2v) is 9.54. The minimum Gasteiger partial charge on any atom is -0.399 e. The van der Waals surface area contributed by atoms with Gasteiger partial charge < -0.3 is 13.9 Å². The summed E-state index contributed by atoms with van der Waals surface area (Å²) < 4.78 is 81.6. The van der Waals surface area contributed by atoms with Gasteiger partial charge in [-0.3, -0.25) is 0 Å². The van der Waals surface area contributed by atoms with E-state index >= 15 is 0 Å². The van der Waals surface area contributed by atoms with Crippen LogP contribution in [-0.2, 0) is 9.31 Å². The maximum atomic E-state index is 8.72. The first-order valence-corrected chi connectivity index (χ1v) is 11.2. The highest BCUT2D eigenvalue weighted by atomic mass is 16.7. The van der Waals surface area contributed by atoms with Crippen LogP contribution in [0.3, 0.4) is 0 Å². The van der Waals surface area contributed by atoms with E-state index in [1.165, 1.54) is 4.57 Å². The van der Waals surface area contributed by atoms with Gasteiger partial charge in [0, 0.05) is 16.5 Å². The van der Waals surface area contributed by atoms with Crippen LogP contribution in [0.1, 0.15) is 38.7 Å². The van der Waals surface area contributed by atoms with E-state index in [1.807, 2.05) is 70.2 Å². The molecule has 168 valence electrons. The molecule has 0 radical (unpaired) electrons. The van der Waals surface area contributed by atoms with Gasteiger partial charge in [0.1, 0.15) is 0 Å². The molecule has 1 saturated heterocycles. The molecule has 0 spiro atoms. The standard InChI is InChI=1S/C30H28BNO2/c1-29(2)30(3,4)34-31(33-29)23-18-16-21(17-19-23)22-10-9-11-24(20-22)32-27-14-7-5-12-25(27)26-13-6-8-15-28(26)32/h5-20H,1-4H3/i5D,6D,7D,8D,12D,13D,14D,15D. The van der Waals surface area contributed by atoms with Gasteiger partial charge in [0.05, 0.1) is 33.2 Å². The number of hydrogen-bond donors (Lipinski definition) is 0. The highest BCUT2D eigenvalue weighted by molar-refractivity contribution is 6.62. The second-order valence-electron chi connectivity index (χ2n) is 9.54. The summed E-state index contributed by atoms with van der Waals surface area (Å²) in [5, 5.41) is 0.111. The summed E-state index contributed by atoms with van der Waals surface area (Å²) >= 11 is 0. The third-order valence-corrected chi connectivity index (χ3v) is 6.91. The Bertz CT molecular complexity index is 1840. The fourth-order valence-electron chi connectivity index (χ4n) is 4.32. The predicted octanol–water partition coefficient (Wildman–Crippen LogP) is 6.75. The molecule has 0 aliphatic carbocycles. The SMILES string of the molecule is [2H]c1c([2H])c([2H])c2c(c1[2H])c1c([2H])c([2H])c([2H])c([2H])c1n2-c1cccc(-c2ccc(B3OC(C)(C)C(C)(C)O3)cc2)c1. The van der Waals surface area contributed by atoms with E-state index in [0.29, 0.717) is 5.69 Å². The molecule has 1 aromatic heterocycles. The zero-order chi connectivity index (χ0) is 30.5. The van der Waals surface area contributed by atoms with Gasteiger partial charge in [0.2, 0.25) is 0 Å². The van der Waals surface area contributed by atoms with Crippen LogP contribution in [0.15, 0.2) is 96.9 Å². The van der Waals surface area contributed by atoms with Crippen LogP contribution in [0.25, 0.3) is 38.6 Å². The zero-order valence-corrected chi connectivity index (χ0v) is 19.5. The number of benzene rings is 4. The molecule has 6 rings (SSSR count). The van der Waals surface area contributed by atoms with Crippen molar-refractivity contribution in [1.29, 1.82) is 0 Å². The lowest BCUT2D eigenvalue weighted by molar-refractivity contribution is 0.00578. The van der Waals surface area contributed by atoms with Crippen molar-refractivity contribution in [2.75, 3.05) is 0 Å². The molecule has 0 saturated carbocycles. The first-order chi connectivity index (χ1) is 19.7. The molecular formula is C30H28BNO2. The maximum Gasteiger partial charge on any atom is 0.494 e. The lowest BCUT2D eigenvalue weighted by atomic mass is 9.78. The Labute approximate surface area is 212 Å². The molecule has 0 amide bonds. The molecule has 1 aliphatic heterocycles. The minimum absolute atomic E-state index is 0.0557. The summed E-state index contributed by atoms with van der Waals surface area (Å²) in [6, 6.07) is 11.9. The van der Waals surface area contributed by atoms with Crippen LogP contribution in [0.5, 0.6) is 0 Å². The van der Waals surface area contributed by atoms with Crippen molar-refractivity contribution in [3.05, 3.63) is 96.9 Å². The summed E-state index contributed by atoms with van der Waals surface area (Å²) in [6.07, 6.45) is 0. The Morgan fingerprint density at radius 1 is 0.706 bits per heavy atom. The van der Waals surface area contributed by atoms with Gasteiger partial charge in [0.25, 0.3) is 0 Å². The molecule has 4 heteroatoms. The molecule has 1 aliphatic rings. The highest BCUT2D eigenvalue weighted by Gasteiger charge is 2.51. The first kappa shape index (κ1) is 14.2. The third kappa shape index (κ3) is 3.29. The largest absolute Gasteiger partial charge is 0.494 e. The Morgan fingerprint density at radius 3 is 1.85 bits per heavy atom. The predicted molar refractivity (Wildman–Crippen MR) is 142 cm³/mol. The van der Waals surface area contributed by atoms with Gasteiger partial charge in [0.15, 0.2) is 0 Å². The van der Waals surface area contributed by atoms with Crippen LogP contribution in [-0.4, -0.2) is 22.9 Å². The summed E-state index contributed by atoms with van der Waals surface area (Å²) in [4.78, 5) is 0. The zero-order valence-electron chi connectivity index (χ0n) is 27.5. The smallest absolute Gasteiger partial charge is 0.399 e. The lowest BCUT2D eigenvalue weighted by Crippen LogP contribution is -2.41. The van der Waals surface area contributed by atoms with Crippen LogP contribution < -0.4 is 5.46 Å². The Kier molecular flexibility index (Phi) is 3.16. The lowest BCUT2D eigenvalue weighted by Gasteiger charge is -2.32. The maximum absolute atomic E-state index is 8.72. The third-order valence-electron chi connectivity index (χ3n) is 6.91. The monoisotopic (exact) mass is 453 g/mol. The van der Waals surface area contributed by atoms with Crippen molar-refractivity contribution in [2.24, 2.45) is 0 Å². The van der Waals surface area contributed by atoms with E-state index in [9.17, 15) is 0 Å². The van der Waals surface area contributed by atoms with Crippen molar-refractivity contribution in [3.63, 3.8) is 0 Å². The van der Waals surface area contributed by atoms with Crippen molar-refractivity contribution < 1.29 is 20.3 Å². The fraction of sp³-hybridized carbons (Fsp3) is 0.200. The highest BCUT2D eigenvalue weighted by Crippen LogP contribution is 2.37. The minimum atomic E-state index is -0.501. The van der Waals surface area contributed by atoms with Crippen molar-refractivity contribution >= 4 is 34.4 Å². The average Bonchev–Trinajstić information content (AvgIpc) is 3.43. The molecule has 5 aromatic rings. The van der Waals surface area contributed by atoms with Crippen LogP contribution in [0.4, 0.5) is 0 Å². The van der Waals surface area contributed by atoms with Crippen LogP contribution in [0.2, 0.25) is 0 Å². The Morgan fingerprint density at radius 2 is 1.26 bits per heavy atom. The summed E-state index contributed by atoms with van der Waals surface area (Å²) in [6.45, 7) is 8.01. The van der Waals surface area contributed by atoms with Gasteiger partial charge in [-0.1, -0.05) is 72.7 Å². The first-order valence-electron chi connectivity index (χ1n) is 15.2. The second kappa shape index (κ2) is 7.59. The molecule has 4 aromatic carbocycles. The molecule has 0 bridgehead atoms. The number of fused-ring (bicyclic) bond motifs is 3. The normalized spacial score (nSPS) is 20.3.